The Bertz CT molecular complexity index is 757. The smallest absolute Gasteiger partial charge is 0.131 e. The number of nitrogens with two attached hydrogens (primary N) is 1. The predicted molar refractivity (Wildman–Crippen MR) is 80.2 cm³/mol. The second-order valence-electron chi connectivity index (χ2n) is 5.08. The fourth-order valence-electron chi connectivity index (χ4n) is 2.56. The summed E-state index contributed by atoms with van der Waals surface area (Å²) in [5.74, 6) is -1.03. The van der Waals surface area contributed by atoms with Gasteiger partial charge in [-0.15, -0.1) is 0 Å². The standard InChI is InChI=1S/C17H16F2N2/c18-15-2-1-3-16(19)14(15)11-21-9-7-13-10-12(6-8-20)4-5-17(13)21/h1-5,7,9-10H,6,8,11,20H2. The maximum absolute atomic E-state index is 13.7. The Balaban J connectivity index is 1.98. The Morgan fingerprint density at radius 3 is 2.48 bits per heavy atom. The molecule has 1 aromatic heterocycles. The SMILES string of the molecule is NCCc1ccc2c(ccn2Cc2c(F)cccc2F)c1. The maximum atomic E-state index is 13.7. The lowest BCUT2D eigenvalue weighted by atomic mass is 10.1. The molecule has 3 rings (SSSR count). The number of aromatic nitrogens is 1. The van der Waals surface area contributed by atoms with Gasteiger partial charge in [0.1, 0.15) is 11.6 Å². The second-order valence-corrected chi connectivity index (χ2v) is 5.08. The van der Waals surface area contributed by atoms with Gasteiger partial charge in [0, 0.05) is 17.3 Å². The van der Waals surface area contributed by atoms with Gasteiger partial charge in [0.05, 0.1) is 6.54 Å². The molecule has 0 amide bonds. The van der Waals surface area contributed by atoms with Crippen molar-refractivity contribution in [2.75, 3.05) is 6.54 Å². The number of halogens is 2. The molecule has 0 spiro atoms. The zero-order chi connectivity index (χ0) is 14.8. The van der Waals surface area contributed by atoms with Crippen LogP contribution in [0.4, 0.5) is 8.78 Å². The van der Waals surface area contributed by atoms with E-state index >= 15 is 0 Å². The summed E-state index contributed by atoms with van der Waals surface area (Å²) in [6.45, 7) is 0.783. The van der Waals surface area contributed by atoms with Crippen LogP contribution in [0, 0.1) is 11.6 Å². The first-order valence-corrected chi connectivity index (χ1v) is 6.90. The molecular formula is C17H16F2N2. The summed E-state index contributed by atoms with van der Waals surface area (Å²) in [5.41, 5.74) is 7.76. The quantitative estimate of drug-likeness (QED) is 0.782. The zero-order valence-corrected chi connectivity index (χ0v) is 11.5. The maximum Gasteiger partial charge on any atom is 0.131 e. The van der Waals surface area contributed by atoms with Crippen LogP contribution in [0.2, 0.25) is 0 Å². The molecule has 0 fully saturated rings. The summed E-state index contributed by atoms with van der Waals surface area (Å²) >= 11 is 0. The van der Waals surface area contributed by atoms with Gasteiger partial charge in [-0.1, -0.05) is 12.1 Å². The van der Waals surface area contributed by atoms with E-state index in [1.807, 2.05) is 29.0 Å². The van der Waals surface area contributed by atoms with E-state index in [1.54, 1.807) is 0 Å². The van der Waals surface area contributed by atoms with Crippen LogP contribution in [0.15, 0.2) is 48.7 Å². The lowest BCUT2D eigenvalue weighted by Gasteiger charge is -2.08. The highest BCUT2D eigenvalue weighted by molar-refractivity contribution is 5.81. The number of fused-ring (bicyclic) bond motifs is 1. The predicted octanol–water partition coefficient (Wildman–Crippen LogP) is 3.47. The average molecular weight is 286 g/mol. The van der Waals surface area contributed by atoms with Crippen LogP contribution in [-0.4, -0.2) is 11.1 Å². The minimum absolute atomic E-state index is 0.0843. The highest BCUT2D eigenvalue weighted by atomic mass is 19.1. The summed E-state index contributed by atoms with van der Waals surface area (Å²) in [5, 5.41) is 1.05. The van der Waals surface area contributed by atoms with E-state index in [9.17, 15) is 8.78 Å². The molecule has 0 radical (unpaired) electrons. The molecule has 0 aliphatic carbocycles. The molecule has 0 saturated carbocycles. The van der Waals surface area contributed by atoms with Crippen LogP contribution < -0.4 is 5.73 Å². The third kappa shape index (κ3) is 2.67. The van der Waals surface area contributed by atoms with E-state index in [0.717, 1.165) is 17.3 Å². The van der Waals surface area contributed by atoms with Crippen molar-refractivity contribution in [1.29, 1.82) is 0 Å². The Hall–Kier alpha value is -2.20. The molecular weight excluding hydrogens is 270 g/mol. The minimum atomic E-state index is -0.517. The molecule has 2 aromatic carbocycles. The first-order valence-electron chi connectivity index (χ1n) is 6.90. The van der Waals surface area contributed by atoms with Gasteiger partial charge >= 0.3 is 0 Å². The molecule has 0 saturated heterocycles. The van der Waals surface area contributed by atoms with Gasteiger partial charge in [-0.05, 0) is 54.2 Å². The van der Waals surface area contributed by atoms with E-state index in [4.69, 9.17) is 5.73 Å². The average Bonchev–Trinajstić information content (AvgIpc) is 2.86. The van der Waals surface area contributed by atoms with Gasteiger partial charge in [-0.3, -0.25) is 0 Å². The number of rotatable bonds is 4. The van der Waals surface area contributed by atoms with Crippen molar-refractivity contribution >= 4 is 10.9 Å². The third-order valence-corrected chi connectivity index (χ3v) is 3.66. The van der Waals surface area contributed by atoms with E-state index < -0.39 is 11.6 Å². The molecule has 0 unspecified atom stereocenters. The topological polar surface area (TPSA) is 30.9 Å². The first-order chi connectivity index (χ1) is 10.2. The number of nitrogens with zero attached hydrogens (tertiary/aromatic N) is 1. The fourth-order valence-corrected chi connectivity index (χ4v) is 2.56. The van der Waals surface area contributed by atoms with Gasteiger partial charge < -0.3 is 10.3 Å². The Morgan fingerprint density at radius 2 is 1.76 bits per heavy atom. The van der Waals surface area contributed by atoms with Crippen LogP contribution >= 0.6 is 0 Å². The normalized spacial score (nSPS) is 11.2. The van der Waals surface area contributed by atoms with Crippen molar-refractivity contribution < 1.29 is 8.78 Å². The van der Waals surface area contributed by atoms with Crippen LogP contribution in [0.5, 0.6) is 0 Å². The molecule has 4 heteroatoms. The molecule has 2 N–H and O–H groups in total. The Labute approximate surface area is 121 Å². The van der Waals surface area contributed by atoms with Crippen molar-refractivity contribution in [2.24, 2.45) is 5.73 Å². The zero-order valence-electron chi connectivity index (χ0n) is 11.5. The Morgan fingerprint density at radius 1 is 1.00 bits per heavy atom. The van der Waals surface area contributed by atoms with Crippen LogP contribution in [-0.2, 0) is 13.0 Å². The number of hydrogen-bond acceptors (Lipinski definition) is 1. The van der Waals surface area contributed by atoms with Gasteiger partial charge in [0.15, 0.2) is 0 Å². The van der Waals surface area contributed by atoms with E-state index in [-0.39, 0.29) is 12.1 Å². The molecule has 3 aromatic rings. The van der Waals surface area contributed by atoms with Crippen molar-refractivity contribution in [3.63, 3.8) is 0 Å². The summed E-state index contributed by atoms with van der Waals surface area (Å²) in [6.07, 6.45) is 2.67. The third-order valence-electron chi connectivity index (χ3n) is 3.66. The van der Waals surface area contributed by atoms with Gasteiger partial charge in [-0.25, -0.2) is 8.78 Å². The summed E-state index contributed by atoms with van der Waals surface area (Å²) in [6, 6.07) is 11.9. The van der Waals surface area contributed by atoms with Crippen molar-refractivity contribution in [2.45, 2.75) is 13.0 Å². The van der Waals surface area contributed by atoms with E-state index in [0.29, 0.717) is 6.54 Å². The van der Waals surface area contributed by atoms with E-state index in [2.05, 4.69) is 6.07 Å². The van der Waals surface area contributed by atoms with Crippen LogP contribution in [0.1, 0.15) is 11.1 Å². The second kappa shape index (κ2) is 5.66. The molecule has 0 aliphatic rings. The molecule has 2 nitrogen and oxygen atoms in total. The number of hydrogen-bond donors (Lipinski definition) is 1. The Kier molecular flexibility index (Phi) is 3.71. The van der Waals surface area contributed by atoms with Gasteiger partial charge in [-0.2, -0.15) is 0 Å². The van der Waals surface area contributed by atoms with Crippen LogP contribution in [0.3, 0.4) is 0 Å². The summed E-state index contributed by atoms with van der Waals surface area (Å²) < 4.78 is 29.3. The minimum Gasteiger partial charge on any atom is -0.343 e. The van der Waals surface area contributed by atoms with Crippen molar-refractivity contribution in [3.8, 4) is 0 Å². The van der Waals surface area contributed by atoms with E-state index in [1.165, 1.54) is 23.8 Å². The van der Waals surface area contributed by atoms with Crippen LogP contribution in [0.25, 0.3) is 10.9 Å². The van der Waals surface area contributed by atoms with Crippen molar-refractivity contribution in [3.05, 3.63) is 71.4 Å². The van der Waals surface area contributed by atoms with Gasteiger partial charge in [0.25, 0.3) is 0 Å². The molecule has 0 atom stereocenters. The lowest BCUT2D eigenvalue weighted by Crippen LogP contribution is -2.04. The molecule has 108 valence electrons. The molecule has 21 heavy (non-hydrogen) atoms. The lowest BCUT2D eigenvalue weighted by molar-refractivity contribution is 0.547. The highest BCUT2D eigenvalue weighted by Gasteiger charge is 2.10. The molecule has 0 aliphatic heterocycles. The summed E-state index contributed by atoms with van der Waals surface area (Å²) in [7, 11) is 0. The highest BCUT2D eigenvalue weighted by Crippen LogP contribution is 2.21. The fraction of sp³-hybridized carbons (Fsp3) is 0.176. The van der Waals surface area contributed by atoms with Crippen molar-refractivity contribution in [1.82, 2.24) is 4.57 Å². The molecule has 0 bridgehead atoms. The first kappa shape index (κ1) is 13.8. The summed E-state index contributed by atoms with van der Waals surface area (Å²) in [4.78, 5) is 0. The largest absolute Gasteiger partial charge is 0.343 e. The number of benzene rings is 2. The monoisotopic (exact) mass is 286 g/mol. The molecule has 1 heterocycles. The van der Waals surface area contributed by atoms with Gasteiger partial charge in [0.2, 0.25) is 0 Å².